The summed E-state index contributed by atoms with van der Waals surface area (Å²) >= 11 is 0. The third-order valence-electron chi connectivity index (χ3n) is 5.15. The maximum Gasteiger partial charge on any atom is 0.0602 e. The zero-order chi connectivity index (χ0) is 12.5. The Balaban J connectivity index is 1.58. The van der Waals surface area contributed by atoms with E-state index in [1.165, 1.54) is 37.7 Å². The predicted molar refractivity (Wildman–Crippen MR) is 74.4 cm³/mol. The average Bonchev–Trinajstić information content (AvgIpc) is 3.08. The van der Waals surface area contributed by atoms with Crippen LogP contribution < -0.4 is 0 Å². The molecule has 0 aromatic heterocycles. The smallest absolute Gasteiger partial charge is 0.0602 e. The summed E-state index contributed by atoms with van der Waals surface area (Å²) in [6, 6.07) is 10.7. The minimum atomic E-state index is -0.0493. The first kappa shape index (κ1) is 12.2. The van der Waals surface area contributed by atoms with E-state index >= 15 is 0 Å². The van der Waals surface area contributed by atoms with Gasteiger partial charge in [0.15, 0.2) is 0 Å². The normalized spacial score (nSPS) is 36.6. The van der Waals surface area contributed by atoms with Gasteiger partial charge in [0.25, 0.3) is 0 Å². The number of aliphatic hydroxyl groups is 1. The molecular formula is C17H24O. The molecule has 0 heterocycles. The Labute approximate surface area is 110 Å². The summed E-state index contributed by atoms with van der Waals surface area (Å²) in [6.45, 7) is 2.28. The molecule has 1 nitrogen and oxygen atoms in total. The molecule has 0 amide bonds. The Morgan fingerprint density at radius 2 is 1.94 bits per heavy atom. The summed E-state index contributed by atoms with van der Waals surface area (Å²) in [5, 5.41) is 10.5. The maximum atomic E-state index is 10.5. The highest BCUT2D eigenvalue weighted by atomic mass is 16.3. The van der Waals surface area contributed by atoms with Crippen LogP contribution in [0.2, 0.25) is 0 Å². The molecule has 3 rings (SSSR count). The van der Waals surface area contributed by atoms with E-state index in [9.17, 15) is 5.11 Å². The number of hydrogen-bond acceptors (Lipinski definition) is 1. The number of rotatable bonds is 4. The minimum Gasteiger partial charge on any atom is -0.393 e. The molecule has 1 aromatic rings. The zero-order valence-corrected chi connectivity index (χ0v) is 11.3. The molecular weight excluding hydrogens is 220 g/mol. The first-order valence-electron chi connectivity index (χ1n) is 7.52. The summed E-state index contributed by atoms with van der Waals surface area (Å²) < 4.78 is 0. The molecule has 98 valence electrons. The van der Waals surface area contributed by atoms with Gasteiger partial charge in [0.2, 0.25) is 0 Å². The largest absolute Gasteiger partial charge is 0.393 e. The van der Waals surface area contributed by atoms with Crippen molar-refractivity contribution < 1.29 is 5.11 Å². The third-order valence-corrected chi connectivity index (χ3v) is 5.15. The van der Waals surface area contributed by atoms with E-state index in [4.69, 9.17) is 0 Å². The van der Waals surface area contributed by atoms with Gasteiger partial charge in [-0.2, -0.15) is 0 Å². The molecule has 5 unspecified atom stereocenters. The fourth-order valence-electron chi connectivity index (χ4n) is 3.82. The molecule has 18 heavy (non-hydrogen) atoms. The van der Waals surface area contributed by atoms with Crippen LogP contribution in [0.25, 0.3) is 0 Å². The van der Waals surface area contributed by atoms with Gasteiger partial charge in [0.1, 0.15) is 0 Å². The van der Waals surface area contributed by atoms with Gasteiger partial charge in [0.05, 0.1) is 6.10 Å². The fraction of sp³-hybridized carbons (Fsp3) is 0.647. The van der Waals surface area contributed by atoms with Crippen LogP contribution >= 0.6 is 0 Å². The van der Waals surface area contributed by atoms with E-state index in [1.54, 1.807) is 0 Å². The predicted octanol–water partition coefficient (Wildman–Crippen LogP) is 3.98. The molecule has 0 saturated heterocycles. The van der Waals surface area contributed by atoms with Gasteiger partial charge >= 0.3 is 0 Å². The second-order valence-corrected chi connectivity index (χ2v) is 6.25. The van der Waals surface area contributed by atoms with Crippen LogP contribution in [-0.4, -0.2) is 11.2 Å². The minimum absolute atomic E-state index is 0.0493. The van der Waals surface area contributed by atoms with Crippen LogP contribution in [0, 0.1) is 17.8 Å². The first-order valence-corrected chi connectivity index (χ1v) is 7.52. The molecule has 2 fully saturated rings. The van der Waals surface area contributed by atoms with Crippen molar-refractivity contribution >= 4 is 0 Å². The van der Waals surface area contributed by atoms with Gasteiger partial charge in [0, 0.05) is 0 Å². The van der Waals surface area contributed by atoms with Crippen molar-refractivity contribution in [2.45, 2.75) is 51.0 Å². The molecule has 1 N–H and O–H groups in total. The summed E-state index contributed by atoms with van der Waals surface area (Å²) in [7, 11) is 0. The molecule has 1 aromatic carbocycles. The quantitative estimate of drug-likeness (QED) is 0.849. The highest BCUT2D eigenvalue weighted by molar-refractivity contribution is 5.26. The lowest BCUT2D eigenvalue weighted by Crippen LogP contribution is -2.21. The summed E-state index contributed by atoms with van der Waals surface area (Å²) in [5.74, 6) is 2.61. The van der Waals surface area contributed by atoms with Crippen LogP contribution in [0.3, 0.4) is 0 Å². The second-order valence-electron chi connectivity index (χ2n) is 6.25. The molecule has 2 aliphatic carbocycles. The SMILES string of the molecule is CCC1CCC(C(O)C2CC2c2ccccc2)C1. The van der Waals surface area contributed by atoms with Crippen molar-refractivity contribution in [3.63, 3.8) is 0 Å². The van der Waals surface area contributed by atoms with Crippen LogP contribution in [0.15, 0.2) is 30.3 Å². The van der Waals surface area contributed by atoms with Crippen molar-refractivity contribution in [1.29, 1.82) is 0 Å². The molecule has 1 heteroatoms. The van der Waals surface area contributed by atoms with Gasteiger partial charge in [-0.1, -0.05) is 50.1 Å². The number of benzene rings is 1. The highest BCUT2D eigenvalue weighted by Crippen LogP contribution is 2.53. The van der Waals surface area contributed by atoms with Gasteiger partial charge < -0.3 is 5.11 Å². The topological polar surface area (TPSA) is 20.2 Å². The maximum absolute atomic E-state index is 10.5. The van der Waals surface area contributed by atoms with E-state index in [0.717, 1.165) is 5.92 Å². The third kappa shape index (κ3) is 2.33. The Morgan fingerprint density at radius 1 is 1.17 bits per heavy atom. The van der Waals surface area contributed by atoms with E-state index < -0.39 is 0 Å². The Kier molecular flexibility index (Phi) is 3.43. The monoisotopic (exact) mass is 244 g/mol. The second kappa shape index (κ2) is 5.05. The molecule has 2 saturated carbocycles. The summed E-state index contributed by atoms with van der Waals surface area (Å²) in [5.41, 5.74) is 1.42. The average molecular weight is 244 g/mol. The van der Waals surface area contributed by atoms with Crippen LogP contribution in [0.5, 0.6) is 0 Å². The van der Waals surface area contributed by atoms with E-state index in [0.29, 0.717) is 17.8 Å². The molecule has 2 aliphatic rings. The molecule has 0 bridgehead atoms. The zero-order valence-electron chi connectivity index (χ0n) is 11.3. The molecule has 0 radical (unpaired) electrons. The summed E-state index contributed by atoms with van der Waals surface area (Å²) in [4.78, 5) is 0. The van der Waals surface area contributed by atoms with Crippen molar-refractivity contribution in [2.75, 3.05) is 0 Å². The van der Waals surface area contributed by atoms with Crippen LogP contribution in [0.1, 0.15) is 50.5 Å². The van der Waals surface area contributed by atoms with E-state index in [1.807, 2.05) is 0 Å². The van der Waals surface area contributed by atoms with Gasteiger partial charge in [-0.25, -0.2) is 0 Å². The van der Waals surface area contributed by atoms with Gasteiger partial charge in [-0.3, -0.25) is 0 Å². The van der Waals surface area contributed by atoms with Crippen molar-refractivity contribution in [1.82, 2.24) is 0 Å². The van der Waals surface area contributed by atoms with Crippen LogP contribution in [0.4, 0.5) is 0 Å². The molecule has 0 spiro atoms. The Bertz CT molecular complexity index is 386. The lowest BCUT2D eigenvalue weighted by atomic mass is 9.93. The Morgan fingerprint density at radius 3 is 2.61 bits per heavy atom. The lowest BCUT2D eigenvalue weighted by molar-refractivity contribution is 0.0852. The number of hydrogen-bond donors (Lipinski definition) is 1. The Hall–Kier alpha value is -0.820. The van der Waals surface area contributed by atoms with Gasteiger partial charge in [-0.15, -0.1) is 0 Å². The van der Waals surface area contributed by atoms with E-state index in [2.05, 4.69) is 37.3 Å². The molecule has 5 atom stereocenters. The lowest BCUT2D eigenvalue weighted by Gasteiger charge is -2.18. The van der Waals surface area contributed by atoms with E-state index in [-0.39, 0.29) is 6.10 Å². The van der Waals surface area contributed by atoms with Crippen molar-refractivity contribution in [3.8, 4) is 0 Å². The molecule has 0 aliphatic heterocycles. The number of aliphatic hydroxyl groups excluding tert-OH is 1. The van der Waals surface area contributed by atoms with Crippen LogP contribution in [-0.2, 0) is 0 Å². The fourth-order valence-corrected chi connectivity index (χ4v) is 3.82. The van der Waals surface area contributed by atoms with Gasteiger partial charge in [-0.05, 0) is 48.5 Å². The van der Waals surface area contributed by atoms with Crippen molar-refractivity contribution in [2.24, 2.45) is 17.8 Å². The standard InChI is InChI=1S/C17H24O/c1-2-12-8-9-14(10-12)17(18)16-11-15(16)13-6-4-3-5-7-13/h3-7,12,14-18H,2,8-11H2,1H3. The van der Waals surface area contributed by atoms with Crippen molar-refractivity contribution in [3.05, 3.63) is 35.9 Å². The first-order chi connectivity index (χ1) is 8.79. The summed E-state index contributed by atoms with van der Waals surface area (Å²) in [6.07, 6.45) is 6.27. The highest BCUT2D eigenvalue weighted by Gasteiger charge is 2.46.